The lowest BCUT2D eigenvalue weighted by atomic mass is 10.1. The highest BCUT2D eigenvalue weighted by molar-refractivity contribution is 7.95. The van der Waals surface area contributed by atoms with Gasteiger partial charge in [0.1, 0.15) is 12.5 Å². The fourth-order valence-electron chi connectivity index (χ4n) is 2.08. The molecule has 2 aromatic rings. The summed E-state index contributed by atoms with van der Waals surface area (Å²) < 4.78 is 58.9. The Morgan fingerprint density at radius 3 is 1.44 bits per heavy atom. The number of hydrogen-bond acceptors (Lipinski definition) is 3. The summed E-state index contributed by atoms with van der Waals surface area (Å²) in [6.45, 7) is 7.17. The van der Waals surface area contributed by atoms with Gasteiger partial charge in [0, 0.05) is 10.9 Å². The van der Waals surface area contributed by atoms with Crippen molar-refractivity contribution in [1.82, 2.24) is 0 Å². The van der Waals surface area contributed by atoms with Crippen LogP contribution in [0.2, 0.25) is 19.6 Å². The molecule has 0 aliphatic carbocycles. The van der Waals surface area contributed by atoms with Crippen molar-refractivity contribution in [3.63, 3.8) is 0 Å². The van der Waals surface area contributed by atoms with Crippen LogP contribution in [-0.2, 0) is 21.0 Å². The van der Waals surface area contributed by atoms with Crippen molar-refractivity contribution in [2.24, 2.45) is 0 Å². The first-order chi connectivity index (χ1) is 12.1. The number of benzene rings is 2. The molecular weight excluding hydrogens is 413 g/mol. The monoisotopic (exact) mass is 436 g/mol. The molecule has 3 nitrogen and oxygen atoms in total. The van der Waals surface area contributed by atoms with Gasteiger partial charge in [-0.15, -0.1) is 0 Å². The van der Waals surface area contributed by atoms with Crippen LogP contribution in [0.1, 0.15) is 0 Å². The average Bonchev–Trinajstić information content (AvgIpc) is 2.53. The van der Waals surface area contributed by atoms with Crippen molar-refractivity contribution < 1.29 is 26.1 Å². The zero-order valence-electron chi connectivity index (χ0n) is 15.8. The molecule has 0 fully saturated rings. The Kier molecular flexibility index (Phi) is 7.75. The first-order valence-corrected chi connectivity index (χ1v) is 14.9. The molecule has 9 heteroatoms. The summed E-state index contributed by atoms with van der Waals surface area (Å²) in [5.74, 6) is 0. The van der Waals surface area contributed by atoms with Gasteiger partial charge in [0.15, 0.2) is 15.0 Å². The molecular formula is C18H23F3O3S2Si. The van der Waals surface area contributed by atoms with Gasteiger partial charge in [-0.25, -0.2) is 8.42 Å². The van der Waals surface area contributed by atoms with Crippen LogP contribution < -0.4 is 5.19 Å². The zero-order chi connectivity index (χ0) is 21.0. The normalized spacial score (nSPS) is 12.5. The summed E-state index contributed by atoms with van der Waals surface area (Å²) in [6, 6.07) is 18.1. The predicted molar refractivity (Wildman–Crippen MR) is 108 cm³/mol. The first-order valence-electron chi connectivity index (χ1n) is 7.93. The lowest BCUT2D eigenvalue weighted by Crippen LogP contribution is -2.37. The van der Waals surface area contributed by atoms with Gasteiger partial charge in [0.25, 0.3) is 0 Å². The van der Waals surface area contributed by atoms with Crippen molar-refractivity contribution in [3.05, 3.63) is 48.5 Å². The minimum atomic E-state index is -6.09. The fraction of sp³-hybridized carbons (Fsp3) is 0.333. The molecule has 0 aliphatic rings. The van der Waals surface area contributed by atoms with Crippen LogP contribution in [0, 0.1) is 0 Å². The van der Waals surface area contributed by atoms with Crippen LogP contribution in [0.4, 0.5) is 13.2 Å². The van der Waals surface area contributed by atoms with Crippen molar-refractivity contribution in [2.45, 2.75) is 30.0 Å². The van der Waals surface area contributed by atoms with E-state index in [1.165, 1.54) is 21.2 Å². The molecule has 0 heterocycles. The van der Waals surface area contributed by atoms with E-state index in [9.17, 15) is 13.2 Å². The van der Waals surface area contributed by atoms with Gasteiger partial charge in [-0.2, -0.15) is 13.2 Å². The average molecular weight is 437 g/mol. The molecule has 0 amide bonds. The second-order valence-electron chi connectivity index (χ2n) is 7.07. The van der Waals surface area contributed by atoms with Crippen LogP contribution in [-0.4, -0.2) is 39.1 Å². The van der Waals surface area contributed by atoms with Gasteiger partial charge in [-0.1, -0.05) is 49.1 Å². The smallest absolute Gasteiger partial charge is 0.485 e. The molecule has 150 valence electrons. The van der Waals surface area contributed by atoms with Crippen LogP contribution in [0.3, 0.4) is 0 Å². The summed E-state index contributed by atoms with van der Waals surface area (Å²) in [4.78, 5) is 1.43. The maximum Gasteiger partial charge on any atom is 0.485 e. The molecule has 0 N–H and O–H groups in total. The summed E-state index contributed by atoms with van der Waals surface area (Å²) >= 11 is 0. The first kappa shape index (κ1) is 23.7. The highest BCUT2D eigenvalue weighted by atomic mass is 32.2. The SMILES string of the molecule is C[S+](C)c1ccc(-c2ccc([Si](C)(C)C)cc2)cc1.O=S(=O)([O-])C(F)(F)F. The third-order valence-corrected chi connectivity index (χ3v) is 7.54. The van der Waals surface area contributed by atoms with E-state index in [0.29, 0.717) is 10.9 Å². The Morgan fingerprint density at radius 1 is 0.852 bits per heavy atom. The molecule has 0 aliphatic heterocycles. The summed E-state index contributed by atoms with van der Waals surface area (Å²) in [7, 11) is -6.92. The molecule has 0 spiro atoms. The van der Waals surface area contributed by atoms with E-state index >= 15 is 0 Å². The van der Waals surface area contributed by atoms with E-state index in [2.05, 4.69) is 80.7 Å². The van der Waals surface area contributed by atoms with Gasteiger partial charge in [0.2, 0.25) is 0 Å². The van der Waals surface area contributed by atoms with Crippen molar-refractivity contribution in [3.8, 4) is 11.1 Å². The van der Waals surface area contributed by atoms with Crippen LogP contribution in [0.5, 0.6) is 0 Å². The standard InChI is InChI=1S/C17H23SSi.CHF3O3S/c1-18(2)16-10-6-14(7-11-16)15-8-12-17(13-9-15)19(3,4)5;2-1(3,4)8(5,6)7/h6-13H,1-5H3;(H,5,6,7)/q+1;/p-1. The number of alkyl halides is 3. The number of hydrogen-bond donors (Lipinski definition) is 0. The van der Waals surface area contributed by atoms with E-state index in [0.717, 1.165) is 0 Å². The lowest BCUT2D eigenvalue weighted by molar-refractivity contribution is -0.0517. The number of halogens is 3. The molecule has 0 radical (unpaired) electrons. The van der Waals surface area contributed by atoms with Crippen molar-refractivity contribution in [1.29, 1.82) is 0 Å². The highest BCUT2D eigenvalue weighted by Crippen LogP contribution is 2.21. The lowest BCUT2D eigenvalue weighted by Gasteiger charge is -2.16. The summed E-state index contributed by atoms with van der Waals surface area (Å²) in [5, 5.41) is 1.52. The Morgan fingerprint density at radius 2 is 1.19 bits per heavy atom. The molecule has 0 saturated heterocycles. The Labute approximate surface area is 162 Å². The minimum absolute atomic E-state index is 0.346. The van der Waals surface area contributed by atoms with E-state index in [1.807, 2.05) is 0 Å². The topological polar surface area (TPSA) is 57.2 Å². The van der Waals surface area contributed by atoms with Gasteiger partial charge in [0.05, 0.1) is 8.07 Å². The Hall–Kier alpha value is -1.29. The van der Waals surface area contributed by atoms with Crippen LogP contribution in [0.25, 0.3) is 11.1 Å². The Bertz CT molecular complexity index is 839. The molecule has 0 bridgehead atoms. The predicted octanol–water partition coefficient (Wildman–Crippen LogP) is 4.19. The van der Waals surface area contributed by atoms with Gasteiger partial charge >= 0.3 is 5.51 Å². The molecule has 0 unspecified atom stereocenters. The molecule has 27 heavy (non-hydrogen) atoms. The molecule has 2 aromatic carbocycles. The van der Waals surface area contributed by atoms with Crippen molar-refractivity contribution in [2.75, 3.05) is 12.5 Å². The number of rotatable bonds is 3. The third-order valence-electron chi connectivity index (χ3n) is 3.69. The summed E-state index contributed by atoms with van der Waals surface area (Å²) in [5.41, 5.74) is -3.01. The zero-order valence-corrected chi connectivity index (χ0v) is 18.4. The second kappa shape index (κ2) is 8.81. The van der Waals surface area contributed by atoms with E-state index in [4.69, 9.17) is 13.0 Å². The van der Waals surface area contributed by atoms with Crippen LogP contribution >= 0.6 is 0 Å². The fourth-order valence-corrected chi connectivity index (χ4v) is 3.93. The van der Waals surface area contributed by atoms with Gasteiger partial charge in [-0.05, 0) is 35.4 Å². The molecule has 0 atom stereocenters. The van der Waals surface area contributed by atoms with Gasteiger partial charge < -0.3 is 4.55 Å². The maximum absolute atomic E-state index is 10.7. The third kappa shape index (κ3) is 7.32. The van der Waals surface area contributed by atoms with E-state index in [1.54, 1.807) is 0 Å². The minimum Gasteiger partial charge on any atom is -0.741 e. The molecule has 0 saturated carbocycles. The van der Waals surface area contributed by atoms with Crippen molar-refractivity contribution >= 4 is 34.3 Å². The second-order valence-corrected chi connectivity index (χ2v) is 15.6. The summed E-state index contributed by atoms with van der Waals surface area (Å²) in [6.07, 6.45) is 4.52. The maximum atomic E-state index is 10.7. The largest absolute Gasteiger partial charge is 0.741 e. The van der Waals surface area contributed by atoms with E-state index < -0.39 is 23.7 Å². The Balaban J connectivity index is 0.000000387. The molecule has 2 rings (SSSR count). The molecule has 0 aromatic heterocycles. The van der Waals surface area contributed by atoms with Gasteiger partial charge in [-0.3, -0.25) is 0 Å². The quantitative estimate of drug-likeness (QED) is 0.314. The van der Waals surface area contributed by atoms with E-state index in [-0.39, 0.29) is 0 Å². The highest BCUT2D eigenvalue weighted by Gasteiger charge is 2.36. The van der Waals surface area contributed by atoms with Crippen LogP contribution in [0.15, 0.2) is 53.4 Å².